The summed E-state index contributed by atoms with van der Waals surface area (Å²) in [6, 6.07) is 8.28. The second-order valence-electron chi connectivity index (χ2n) is 5.52. The Balaban J connectivity index is 1.80. The molecule has 0 radical (unpaired) electrons. The largest absolute Gasteiger partial charge is 0.481 e. The Hall–Kier alpha value is -1.39. The number of rotatable bonds is 7. The van der Waals surface area contributed by atoms with E-state index in [0.29, 0.717) is 6.61 Å². The highest BCUT2D eigenvalue weighted by molar-refractivity contribution is 5.70. The molecule has 0 aromatic heterocycles. The molecule has 110 valence electrons. The maximum absolute atomic E-state index is 11.1. The van der Waals surface area contributed by atoms with Crippen LogP contribution in [-0.2, 0) is 22.7 Å². The van der Waals surface area contributed by atoms with Gasteiger partial charge in [0.2, 0.25) is 0 Å². The first-order chi connectivity index (χ1) is 9.70. The van der Waals surface area contributed by atoms with Crippen LogP contribution in [0.2, 0.25) is 0 Å². The summed E-state index contributed by atoms with van der Waals surface area (Å²) in [6.07, 6.45) is 2.88. The Bertz CT molecular complexity index is 447. The zero-order valence-corrected chi connectivity index (χ0v) is 12.0. The fourth-order valence-corrected chi connectivity index (χ4v) is 3.00. The molecule has 0 aliphatic heterocycles. The zero-order valence-electron chi connectivity index (χ0n) is 12.0. The van der Waals surface area contributed by atoms with Gasteiger partial charge in [0.05, 0.1) is 12.5 Å². The van der Waals surface area contributed by atoms with E-state index in [0.717, 1.165) is 37.9 Å². The van der Waals surface area contributed by atoms with Gasteiger partial charge < -0.3 is 15.2 Å². The number of carboxylic acid groups (broad SMARTS) is 1. The third-order valence-electron chi connectivity index (χ3n) is 4.01. The Morgan fingerprint density at radius 3 is 2.95 bits per heavy atom. The van der Waals surface area contributed by atoms with Crippen LogP contribution in [0.1, 0.15) is 30.4 Å². The fourth-order valence-electron chi connectivity index (χ4n) is 3.00. The van der Waals surface area contributed by atoms with Gasteiger partial charge in [-0.3, -0.25) is 4.79 Å². The van der Waals surface area contributed by atoms with Crippen molar-refractivity contribution in [3.05, 3.63) is 35.4 Å². The first kappa shape index (κ1) is 15.0. The van der Waals surface area contributed by atoms with Crippen molar-refractivity contribution in [2.75, 3.05) is 13.7 Å². The van der Waals surface area contributed by atoms with Crippen LogP contribution in [0, 0.1) is 11.8 Å². The highest BCUT2D eigenvalue weighted by atomic mass is 16.5. The highest BCUT2D eigenvalue weighted by Gasteiger charge is 2.32. The van der Waals surface area contributed by atoms with Crippen molar-refractivity contribution < 1.29 is 14.6 Å². The topological polar surface area (TPSA) is 58.6 Å². The van der Waals surface area contributed by atoms with Gasteiger partial charge in [-0.05, 0) is 36.4 Å². The molecule has 20 heavy (non-hydrogen) atoms. The molecule has 1 aliphatic carbocycles. The second kappa shape index (κ2) is 7.41. The number of ether oxygens (including phenoxy) is 1. The van der Waals surface area contributed by atoms with Crippen LogP contribution >= 0.6 is 0 Å². The molecule has 0 heterocycles. The summed E-state index contributed by atoms with van der Waals surface area (Å²) in [5.74, 6) is -0.534. The SMILES string of the molecule is COCc1cccc(CNCC2CCCC2C(=O)O)c1. The molecule has 4 nitrogen and oxygen atoms in total. The van der Waals surface area contributed by atoms with Crippen LogP contribution in [-0.4, -0.2) is 24.7 Å². The standard InChI is InChI=1S/C16H23NO3/c1-20-11-13-5-2-4-12(8-13)9-17-10-14-6-3-7-15(14)16(18)19/h2,4-5,8,14-15,17H,3,6-7,9-11H2,1H3,(H,18,19). The van der Waals surface area contributed by atoms with Crippen molar-refractivity contribution in [2.24, 2.45) is 11.8 Å². The Morgan fingerprint density at radius 1 is 1.40 bits per heavy atom. The third-order valence-corrected chi connectivity index (χ3v) is 4.01. The smallest absolute Gasteiger partial charge is 0.306 e. The number of hydrogen-bond donors (Lipinski definition) is 2. The molecule has 2 unspecified atom stereocenters. The van der Waals surface area contributed by atoms with E-state index >= 15 is 0 Å². The van der Waals surface area contributed by atoms with Gasteiger partial charge in [0.1, 0.15) is 0 Å². The molecule has 2 N–H and O–H groups in total. The van der Waals surface area contributed by atoms with Crippen LogP contribution in [0.3, 0.4) is 0 Å². The van der Waals surface area contributed by atoms with Crippen molar-refractivity contribution in [1.29, 1.82) is 0 Å². The molecule has 0 amide bonds. The minimum Gasteiger partial charge on any atom is -0.481 e. The molecule has 1 aromatic rings. The van der Waals surface area contributed by atoms with Gasteiger partial charge in [0.25, 0.3) is 0 Å². The Kier molecular flexibility index (Phi) is 5.56. The first-order valence-corrected chi connectivity index (χ1v) is 7.21. The third kappa shape index (κ3) is 4.05. The van der Waals surface area contributed by atoms with Crippen LogP contribution in [0.4, 0.5) is 0 Å². The van der Waals surface area contributed by atoms with Crippen molar-refractivity contribution in [1.82, 2.24) is 5.32 Å². The quantitative estimate of drug-likeness (QED) is 0.803. The summed E-state index contributed by atoms with van der Waals surface area (Å²) in [5, 5.41) is 12.5. The second-order valence-corrected chi connectivity index (χ2v) is 5.52. The normalized spacial score (nSPS) is 22.1. The summed E-state index contributed by atoms with van der Waals surface area (Å²) < 4.78 is 5.12. The maximum atomic E-state index is 11.1. The van der Waals surface area contributed by atoms with Gasteiger partial charge in [-0.1, -0.05) is 30.7 Å². The van der Waals surface area contributed by atoms with E-state index in [9.17, 15) is 4.79 Å². The first-order valence-electron chi connectivity index (χ1n) is 7.21. The predicted molar refractivity (Wildman–Crippen MR) is 77.3 cm³/mol. The lowest BCUT2D eigenvalue weighted by atomic mass is 9.96. The minimum absolute atomic E-state index is 0.165. The van der Waals surface area contributed by atoms with E-state index in [1.54, 1.807) is 7.11 Å². The van der Waals surface area contributed by atoms with Crippen LogP contribution < -0.4 is 5.32 Å². The number of carboxylic acids is 1. The number of carbonyl (C=O) groups is 1. The summed E-state index contributed by atoms with van der Waals surface area (Å²) >= 11 is 0. The minimum atomic E-state index is -0.642. The number of aliphatic carboxylic acids is 1. The lowest BCUT2D eigenvalue weighted by Gasteiger charge is -2.16. The average molecular weight is 277 g/mol. The van der Waals surface area contributed by atoms with Gasteiger partial charge in [-0.2, -0.15) is 0 Å². The van der Waals surface area contributed by atoms with Gasteiger partial charge in [-0.25, -0.2) is 0 Å². The van der Waals surface area contributed by atoms with Crippen LogP contribution in [0.5, 0.6) is 0 Å². The van der Waals surface area contributed by atoms with E-state index in [-0.39, 0.29) is 11.8 Å². The maximum Gasteiger partial charge on any atom is 0.306 e. The Morgan fingerprint density at radius 2 is 2.20 bits per heavy atom. The number of benzene rings is 1. The predicted octanol–water partition coefficient (Wildman–Crippen LogP) is 2.42. The van der Waals surface area contributed by atoms with E-state index in [1.165, 1.54) is 5.56 Å². The number of nitrogens with one attached hydrogen (secondary N) is 1. The van der Waals surface area contributed by atoms with E-state index in [4.69, 9.17) is 9.84 Å². The van der Waals surface area contributed by atoms with Gasteiger partial charge >= 0.3 is 5.97 Å². The lowest BCUT2D eigenvalue weighted by Crippen LogP contribution is -2.28. The molecule has 0 bridgehead atoms. The van der Waals surface area contributed by atoms with Crippen LogP contribution in [0.15, 0.2) is 24.3 Å². The van der Waals surface area contributed by atoms with E-state index < -0.39 is 5.97 Å². The zero-order chi connectivity index (χ0) is 14.4. The van der Waals surface area contributed by atoms with Gasteiger partial charge in [0.15, 0.2) is 0 Å². The van der Waals surface area contributed by atoms with E-state index in [1.807, 2.05) is 12.1 Å². The summed E-state index contributed by atoms with van der Waals surface area (Å²) in [6.45, 7) is 2.18. The molecule has 1 fully saturated rings. The molecule has 2 atom stereocenters. The molecular weight excluding hydrogens is 254 g/mol. The molecule has 2 rings (SSSR count). The summed E-state index contributed by atoms with van der Waals surface area (Å²) in [7, 11) is 1.69. The summed E-state index contributed by atoms with van der Waals surface area (Å²) in [5.41, 5.74) is 2.38. The van der Waals surface area contributed by atoms with E-state index in [2.05, 4.69) is 17.4 Å². The molecule has 1 aromatic carbocycles. The number of methoxy groups -OCH3 is 1. The monoisotopic (exact) mass is 277 g/mol. The van der Waals surface area contributed by atoms with Crippen molar-refractivity contribution in [2.45, 2.75) is 32.4 Å². The number of hydrogen-bond acceptors (Lipinski definition) is 3. The Labute approximate surface area is 120 Å². The molecule has 0 spiro atoms. The lowest BCUT2D eigenvalue weighted by molar-refractivity contribution is -0.142. The average Bonchev–Trinajstić information content (AvgIpc) is 2.88. The molecular formula is C16H23NO3. The van der Waals surface area contributed by atoms with Gasteiger partial charge in [-0.15, -0.1) is 0 Å². The van der Waals surface area contributed by atoms with Crippen LogP contribution in [0.25, 0.3) is 0 Å². The van der Waals surface area contributed by atoms with Crippen molar-refractivity contribution in [3.63, 3.8) is 0 Å². The highest BCUT2D eigenvalue weighted by Crippen LogP contribution is 2.31. The molecule has 1 aliphatic rings. The fraction of sp³-hybridized carbons (Fsp3) is 0.562. The molecule has 0 saturated heterocycles. The van der Waals surface area contributed by atoms with Crippen molar-refractivity contribution >= 4 is 5.97 Å². The molecule has 1 saturated carbocycles. The van der Waals surface area contributed by atoms with Crippen molar-refractivity contribution in [3.8, 4) is 0 Å². The van der Waals surface area contributed by atoms with Gasteiger partial charge in [0, 0.05) is 13.7 Å². The molecule has 4 heteroatoms. The summed E-state index contributed by atoms with van der Waals surface area (Å²) in [4.78, 5) is 11.1.